The molecule has 1 rings (SSSR count). The Labute approximate surface area is 115 Å². The Hall–Kier alpha value is -1.32. The molecule has 0 fully saturated rings. The van der Waals surface area contributed by atoms with Gasteiger partial charge in [-0.05, 0) is 37.5 Å². The molecule has 1 aliphatic rings. The van der Waals surface area contributed by atoms with Gasteiger partial charge >= 0.3 is 5.97 Å². The van der Waals surface area contributed by atoms with Crippen molar-refractivity contribution < 1.29 is 14.7 Å². The highest BCUT2D eigenvalue weighted by Crippen LogP contribution is 2.24. The topological polar surface area (TPSA) is 66.4 Å². The molecule has 1 amide bonds. The quantitative estimate of drug-likeness (QED) is 0.697. The van der Waals surface area contributed by atoms with Crippen LogP contribution in [0.15, 0.2) is 11.6 Å². The summed E-state index contributed by atoms with van der Waals surface area (Å²) in [6, 6.07) is 0. The fraction of sp³-hybridized carbons (Fsp3) is 0.733. The summed E-state index contributed by atoms with van der Waals surface area (Å²) in [5, 5.41) is 11.7. The van der Waals surface area contributed by atoms with Gasteiger partial charge in [-0.2, -0.15) is 0 Å². The zero-order chi connectivity index (χ0) is 14.3. The lowest BCUT2D eigenvalue weighted by Crippen LogP contribution is -2.30. The van der Waals surface area contributed by atoms with Crippen molar-refractivity contribution in [3.05, 3.63) is 11.6 Å². The highest BCUT2D eigenvalue weighted by molar-refractivity contribution is 5.77. The van der Waals surface area contributed by atoms with Gasteiger partial charge < -0.3 is 10.4 Å². The molecule has 1 aliphatic carbocycles. The normalized spacial score (nSPS) is 15.8. The molecule has 0 aromatic rings. The summed E-state index contributed by atoms with van der Waals surface area (Å²) >= 11 is 0. The molecule has 0 saturated carbocycles. The molecule has 0 saturated heterocycles. The third-order valence-corrected chi connectivity index (χ3v) is 3.42. The molecule has 0 aromatic heterocycles. The Balaban J connectivity index is 2.23. The van der Waals surface area contributed by atoms with E-state index in [1.807, 2.05) is 13.8 Å². The van der Waals surface area contributed by atoms with Crippen molar-refractivity contribution in [2.75, 3.05) is 6.54 Å². The number of allylic oxidation sites excluding steroid dienone is 1. The molecule has 19 heavy (non-hydrogen) atoms. The Morgan fingerprint density at radius 3 is 2.63 bits per heavy atom. The molecule has 0 bridgehead atoms. The van der Waals surface area contributed by atoms with E-state index < -0.39 is 11.4 Å². The molecule has 2 N–H and O–H groups in total. The van der Waals surface area contributed by atoms with Crippen LogP contribution in [0, 0.1) is 5.41 Å². The van der Waals surface area contributed by atoms with Gasteiger partial charge in [0.05, 0.1) is 6.42 Å². The first-order chi connectivity index (χ1) is 8.89. The highest BCUT2D eigenvalue weighted by atomic mass is 16.4. The van der Waals surface area contributed by atoms with Crippen LogP contribution in [0.25, 0.3) is 0 Å². The van der Waals surface area contributed by atoms with E-state index in [-0.39, 0.29) is 18.7 Å². The van der Waals surface area contributed by atoms with Gasteiger partial charge in [-0.25, -0.2) is 0 Å². The first-order valence-electron chi connectivity index (χ1n) is 7.05. The smallest absolute Gasteiger partial charge is 0.303 e. The maximum atomic E-state index is 11.8. The van der Waals surface area contributed by atoms with Crippen molar-refractivity contribution in [1.82, 2.24) is 5.32 Å². The number of carbonyl (C=O) groups excluding carboxylic acids is 1. The van der Waals surface area contributed by atoms with E-state index in [9.17, 15) is 9.59 Å². The van der Waals surface area contributed by atoms with Crippen LogP contribution in [-0.4, -0.2) is 23.5 Å². The van der Waals surface area contributed by atoms with Gasteiger partial charge in [0.2, 0.25) is 5.91 Å². The number of amides is 1. The molecule has 0 aliphatic heterocycles. The first kappa shape index (κ1) is 15.7. The average molecular weight is 267 g/mol. The molecule has 0 unspecified atom stereocenters. The first-order valence-corrected chi connectivity index (χ1v) is 7.05. The Morgan fingerprint density at radius 2 is 2.05 bits per heavy atom. The van der Waals surface area contributed by atoms with Gasteiger partial charge in [-0.1, -0.05) is 25.5 Å². The van der Waals surface area contributed by atoms with Gasteiger partial charge in [-0.3, -0.25) is 9.59 Å². The lowest BCUT2D eigenvalue weighted by Gasteiger charge is -2.21. The lowest BCUT2D eigenvalue weighted by atomic mass is 9.85. The summed E-state index contributed by atoms with van der Waals surface area (Å²) in [4.78, 5) is 22.4. The van der Waals surface area contributed by atoms with E-state index in [1.54, 1.807) is 0 Å². The minimum absolute atomic E-state index is 0.0194. The second-order valence-electron chi connectivity index (χ2n) is 6.12. The molecule has 4 nitrogen and oxygen atoms in total. The van der Waals surface area contributed by atoms with Crippen molar-refractivity contribution in [3.63, 3.8) is 0 Å². The van der Waals surface area contributed by atoms with Crippen LogP contribution in [0.1, 0.15) is 58.8 Å². The van der Waals surface area contributed by atoms with Crippen molar-refractivity contribution in [3.8, 4) is 0 Å². The molecule has 0 radical (unpaired) electrons. The van der Waals surface area contributed by atoms with Gasteiger partial charge in [0.25, 0.3) is 0 Å². The molecule has 0 atom stereocenters. The van der Waals surface area contributed by atoms with Gasteiger partial charge in [0, 0.05) is 13.0 Å². The summed E-state index contributed by atoms with van der Waals surface area (Å²) in [6.07, 6.45) is 8.33. The largest absolute Gasteiger partial charge is 0.481 e. The van der Waals surface area contributed by atoms with Crippen LogP contribution in [-0.2, 0) is 9.59 Å². The van der Waals surface area contributed by atoms with E-state index >= 15 is 0 Å². The van der Waals surface area contributed by atoms with E-state index in [0.29, 0.717) is 6.54 Å². The SMILES string of the molecule is CC(C)(CC(=O)O)CC(=O)NCCC1=CCCCC1. The van der Waals surface area contributed by atoms with Gasteiger partial charge in [-0.15, -0.1) is 0 Å². The second-order valence-corrected chi connectivity index (χ2v) is 6.12. The molecular formula is C15H25NO3. The zero-order valence-electron chi connectivity index (χ0n) is 12.0. The highest BCUT2D eigenvalue weighted by Gasteiger charge is 2.24. The summed E-state index contributed by atoms with van der Waals surface area (Å²) in [6.45, 7) is 4.28. The number of carbonyl (C=O) groups is 2. The molecule has 4 heteroatoms. The lowest BCUT2D eigenvalue weighted by molar-refractivity contribution is -0.139. The maximum absolute atomic E-state index is 11.8. The molecular weight excluding hydrogens is 242 g/mol. The minimum atomic E-state index is -0.856. The van der Waals surface area contributed by atoms with Crippen LogP contribution < -0.4 is 5.32 Å². The summed E-state index contributed by atoms with van der Waals surface area (Å²) in [5.41, 5.74) is 0.955. The zero-order valence-corrected chi connectivity index (χ0v) is 12.0. The Morgan fingerprint density at radius 1 is 1.32 bits per heavy atom. The van der Waals surface area contributed by atoms with Crippen molar-refractivity contribution in [1.29, 1.82) is 0 Å². The maximum Gasteiger partial charge on any atom is 0.303 e. The predicted octanol–water partition coefficient (Wildman–Crippen LogP) is 2.88. The van der Waals surface area contributed by atoms with E-state index in [2.05, 4.69) is 11.4 Å². The van der Waals surface area contributed by atoms with Crippen molar-refractivity contribution >= 4 is 11.9 Å². The third kappa shape index (κ3) is 6.99. The predicted molar refractivity (Wildman–Crippen MR) is 74.8 cm³/mol. The Bertz CT molecular complexity index is 358. The van der Waals surface area contributed by atoms with Gasteiger partial charge in [0.15, 0.2) is 0 Å². The molecule has 0 spiro atoms. The van der Waals surface area contributed by atoms with Crippen molar-refractivity contribution in [2.45, 2.75) is 58.8 Å². The third-order valence-electron chi connectivity index (χ3n) is 3.42. The number of rotatable bonds is 7. The summed E-state index contributed by atoms with van der Waals surface area (Å²) in [7, 11) is 0. The van der Waals surface area contributed by atoms with Crippen molar-refractivity contribution in [2.24, 2.45) is 5.41 Å². The number of nitrogens with one attached hydrogen (secondary N) is 1. The van der Waals surface area contributed by atoms with Crippen LogP contribution in [0.5, 0.6) is 0 Å². The van der Waals surface area contributed by atoms with Crippen LogP contribution in [0.4, 0.5) is 0 Å². The molecule has 0 heterocycles. The van der Waals surface area contributed by atoms with E-state index in [4.69, 9.17) is 5.11 Å². The standard InChI is InChI=1S/C15H25NO3/c1-15(2,11-14(18)19)10-13(17)16-9-8-12-6-4-3-5-7-12/h6H,3-5,7-11H2,1-2H3,(H,16,17)(H,18,19). The number of aliphatic carboxylic acids is 1. The van der Waals surface area contributed by atoms with Crippen LogP contribution >= 0.6 is 0 Å². The number of hydrogen-bond donors (Lipinski definition) is 2. The fourth-order valence-corrected chi connectivity index (χ4v) is 2.46. The minimum Gasteiger partial charge on any atom is -0.481 e. The number of carboxylic acids is 1. The number of carboxylic acid groups (broad SMARTS) is 1. The van der Waals surface area contributed by atoms with E-state index in [0.717, 1.165) is 19.3 Å². The Kier molecular flexibility index (Phi) is 6.06. The summed E-state index contributed by atoms with van der Waals surface area (Å²) < 4.78 is 0. The molecule has 108 valence electrons. The number of hydrogen-bond acceptors (Lipinski definition) is 2. The fourth-order valence-electron chi connectivity index (χ4n) is 2.46. The second kappa shape index (κ2) is 7.31. The average Bonchev–Trinajstić information content (AvgIpc) is 2.27. The molecule has 0 aromatic carbocycles. The van der Waals surface area contributed by atoms with E-state index in [1.165, 1.54) is 18.4 Å². The summed E-state index contributed by atoms with van der Waals surface area (Å²) in [5.74, 6) is -0.909. The van der Waals surface area contributed by atoms with Crippen LogP contribution in [0.2, 0.25) is 0 Å². The van der Waals surface area contributed by atoms with Crippen LogP contribution in [0.3, 0.4) is 0 Å². The monoisotopic (exact) mass is 267 g/mol. The van der Waals surface area contributed by atoms with Gasteiger partial charge in [0.1, 0.15) is 0 Å².